The zero-order valence-corrected chi connectivity index (χ0v) is 25.1. The number of ether oxygens (including phenoxy) is 1. The average molecular weight is 569 g/mol. The maximum atomic E-state index is 13.5. The van der Waals surface area contributed by atoms with E-state index in [1.807, 2.05) is 11.8 Å². The van der Waals surface area contributed by atoms with Gasteiger partial charge in [-0.05, 0) is 101 Å². The quantitative estimate of drug-likeness (QED) is 0.254. The van der Waals surface area contributed by atoms with Crippen LogP contribution in [0.2, 0.25) is 0 Å². The number of piperidine rings is 2. The highest BCUT2D eigenvalue weighted by Gasteiger charge is 2.60. The highest BCUT2D eigenvalue weighted by Crippen LogP contribution is 2.50. The second kappa shape index (κ2) is 10.8. The van der Waals surface area contributed by atoms with Gasteiger partial charge in [0.05, 0.1) is 17.6 Å². The van der Waals surface area contributed by atoms with Crippen molar-refractivity contribution in [2.24, 2.45) is 5.41 Å². The summed E-state index contributed by atoms with van der Waals surface area (Å²) in [7, 11) is 0. The predicted molar refractivity (Wildman–Crippen MR) is 163 cm³/mol. The fourth-order valence-corrected chi connectivity index (χ4v) is 8.61. The fourth-order valence-electron chi connectivity index (χ4n) is 8.61. The summed E-state index contributed by atoms with van der Waals surface area (Å²) >= 11 is 0. The van der Waals surface area contributed by atoms with Crippen LogP contribution in [0.4, 0.5) is 0 Å². The Kier molecular flexibility index (Phi) is 7.12. The van der Waals surface area contributed by atoms with Crippen molar-refractivity contribution in [1.29, 1.82) is 0 Å². The zero-order valence-electron chi connectivity index (χ0n) is 25.1. The van der Waals surface area contributed by atoms with Crippen LogP contribution in [0.25, 0.3) is 11.0 Å². The molecule has 3 atom stereocenters. The lowest BCUT2D eigenvalue weighted by Gasteiger charge is -2.46. The Labute approximate surface area is 249 Å². The third-order valence-corrected chi connectivity index (χ3v) is 11.1. The fraction of sp³-hybridized carbons (Fsp3) is 0.571. The number of aryl methyl sites for hydroxylation is 1. The van der Waals surface area contributed by atoms with Crippen molar-refractivity contribution in [3.05, 3.63) is 66.0 Å². The number of nitrogens with zero attached hydrogens (tertiary/aromatic N) is 4. The summed E-state index contributed by atoms with van der Waals surface area (Å²) in [6, 6.07) is 21.3. The van der Waals surface area contributed by atoms with E-state index in [0.717, 1.165) is 37.1 Å². The molecule has 2 aromatic carbocycles. The van der Waals surface area contributed by atoms with Crippen molar-refractivity contribution in [3.63, 3.8) is 0 Å². The molecule has 4 heterocycles. The van der Waals surface area contributed by atoms with Crippen LogP contribution < -0.4 is 0 Å². The van der Waals surface area contributed by atoms with E-state index < -0.39 is 5.41 Å². The third kappa shape index (κ3) is 4.64. The Morgan fingerprint density at radius 1 is 0.905 bits per heavy atom. The molecule has 0 unspecified atom stereocenters. The topological polar surface area (TPSA) is 67.7 Å². The maximum absolute atomic E-state index is 13.5. The summed E-state index contributed by atoms with van der Waals surface area (Å²) < 4.78 is 7.80. The number of amides is 1. The number of hydrogen-bond acceptors (Lipinski definition) is 5. The van der Waals surface area contributed by atoms with Gasteiger partial charge in [0.2, 0.25) is 5.91 Å². The van der Waals surface area contributed by atoms with E-state index in [2.05, 4.69) is 71.0 Å². The standard InChI is InChI=1S/C35H44N4O3/c1-3-42-33(41)35(15-16-35)32(40)37-20-17-34(18-21-37,26-9-5-4-6-10-26)19-22-38-27-13-14-28(38)24-29(23-27)39-25(2)36-30-11-7-8-12-31(30)39/h4-12,27-29H,3,13-24H2,1-2H3/t27-,28+,29+. The lowest BCUT2D eigenvalue weighted by molar-refractivity contribution is -0.158. The summed E-state index contributed by atoms with van der Waals surface area (Å²) in [4.78, 5) is 35.7. The van der Waals surface area contributed by atoms with Crippen LogP contribution in [0.5, 0.6) is 0 Å². The largest absolute Gasteiger partial charge is 0.465 e. The number of imidazole rings is 1. The number of hydrogen-bond donors (Lipinski definition) is 0. The number of para-hydroxylation sites is 2. The van der Waals surface area contributed by atoms with Gasteiger partial charge in [-0.2, -0.15) is 0 Å². The minimum absolute atomic E-state index is 0.00922. The molecular weight excluding hydrogens is 524 g/mol. The van der Waals surface area contributed by atoms with Crippen LogP contribution in [0, 0.1) is 12.3 Å². The molecule has 3 aromatic rings. The van der Waals surface area contributed by atoms with Gasteiger partial charge in [0.15, 0.2) is 0 Å². The van der Waals surface area contributed by atoms with Gasteiger partial charge >= 0.3 is 5.97 Å². The molecule has 4 fully saturated rings. The minimum Gasteiger partial charge on any atom is -0.465 e. The lowest BCUT2D eigenvalue weighted by Crippen LogP contribution is -2.51. The second-order valence-corrected chi connectivity index (χ2v) is 13.3. The maximum Gasteiger partial charge on any atom is 0.321 e. The van der Waals surface area contributed by atoms with E-state index in [-0.39, 0.29) is 17.3 Å². The first-order chi connectivity index (χ1) is 20.4. The van der Waals surface area contributed by atoms with Crippen molar-refractivity contribution in [1.82, 2.24) is 19.4 Å². The number of carbonyl (C=O) groups excluding carboxylic acids is 2. The zero-order chi connectivity index (χ0) is 28.9. The molecule has 1 saturated carbocycles. The van der Waals surface area contributed by atoms with Crippen LogP contribution in [0.3, 0.4) is 0 Å². The monoisotopic (exact) mass is 568 g/mol. The molecule has 2 bridgehead atoms. The molecule has 7 nitrogen and oxygen atoms in total. The van der Waals surface area contributed by atoms with Crippen LogP contribution in [-0.4, -0.2) is 69.6 Å². The molecule has 7 rings (SSSR count). The Hall–Kier alpha value is -3.19. The SMILES string of the molecule is CCOC(=O)C1(C(=O)N2CCC(CCN3[C@@H]4CC[C@H]3C[C@@H](n3c(C)nc5ccccc53)C4)(c3ccccc3)CC2)CC1. The molecule has 0 N–H and O–H groups in total. The minimum atomic E-state index is -0.911. The number of benzene rings is 2. The first kappa shape index (κ1) is 27.6. The molecule has 0 radical (unpaired) electrons. The highest BCUT2D eigenvalue weighted by molar-refractivity contribution is 6.05. The summed E-state index contributed by atoms with van der Waals surface area (Å²) in [5, 5.41) is 0. The van der Waals surface area contributed by atoms with E-state index in [4.69, 9.17) is 9.72 Å². The first-order valence-corrected chi connectivity index (χ1v) is 16.2. The number of carbonyl (C=O) groups is 2. The molecule has 4 aliphatic rings. The molecule has 7 heteroatoms. The van der Waals surface area contributed by atoms with Crippen LogP contribution in [-0.2, 0) is 19.7 Å². The predicted octanol–water partition coefficient (Wildman–Crippen LogP) is 5.81. The van der Waals surface area contributed by atoms with Gasteiger partial charge < -0.3 is 14.2 Å². The van der Waals surface area contributed by atoms with Crippen molar-refractivity contribution < 1.29 is 14.3 Å². The van der Waals surface area contributed by atoms with E-state index in [9.17, 15) is 9.59 Å². The van der Waals surface area contributed by atoms with Crippen LogP contribution >= 0.6 is 0 Å². The molecule has 1 aliphatic carbocycles. The van der Waals surface area contributed by atoms with Crippen LogP contribution in [0.1, 0.15) is 82.1 Å². The van der Waals surface area contributed by atoms with Gasteiger partial charge in [-0.25, -0.2) is 4.98 Å². The van der Waals surface area contributed by atoms with Crippen molar-refractivity contribution in [3.8, 4) is 0 Å². The number of rotatable bonds is 8. The van der Waals surface area contributed by atoms with E-state index >= 15 is 0 Å². The Balaban J connectivity index is 1.05. The molecule has 3 saturated heterocycles. The summed E-state index contributed by atoms with van der Waals surface area (Å²) in [5.74, 6) is 0.798. The van der Waals surface area contributed by atoms with Gasteiger partial charge in [0.25, 0.3) is 0 Å². The van der Waals surface area contributed by atoms with Crippen molar-refractivity contribution in [2.75, 3.05) is 26.2 Å². The molecule has 1 amide bonds. The average Bonchev–Trinajstić information content (AvgIpc) is 3.71. The first-order valence-electron chi connectivity index (χ1n) is 16.2. The Morgan fingerprint density at radius 2 is 1.57 bits per heavy atom. The summed E-state index contributed by atoms with van der Waals surface area (Å²) in [6.07, 6.45) is 9.17. The Morgan fingerprint density at radius 3 is 2.24 bits per heavy atom. The molecule has 42 heavy (non-hydrogen) atoms. The molecule has 3 aliphatic heterocycles. The molecule has 222 valence electrons. The molecular formula is C35H44N4O3. The van der Waals surface area contributed by atoms with Gasteiger partial charge in [0, 0.05) is 31.2 Å². The lowest BCUT2D eigenvalue weighted by atomic mass is 9.70. The van der Waals surface area contributed by atoms with Crippen LogP contribution in [0.15, 0.2) is 54.6 Å². The summed E-state index contributed by atoms with van der Waals surface area (Å²) in [6.45, 7) is 6.80. The number of fused-ring (bicyclic) bond motifs is 3. The van der Waals surface area contributed by atoms with Gasteiger partial charge in [-0.3, -0.25) is 14.5 Å². The van der Waals surface area contributed by atoms with Gasteiger partial charge in [-0.15, -0.1) is 0 Å². The third-order valence-electron chi connectivity index (χ3n) is 11.1. The highest BCUT2D eigenvalue weighted by atomic mass is 16.5. The number of aromatic nitrogens is 2. The van der Waals surface area contributed by atoms with E-state index in [0.29, 0.717) is 50.7 Å². The normalized spacial score (nSPS) is 26.3. The molecule has 0 spiro atoms. The van der Waals surface area contributed by atoms with Gasteiger partial charge in [-0.1, -0.05) is 42.5 Å². The smallest absolute Gasteiger partial charge is 0.321 e. The van der Waals surface area contributed by atoms with Gasteiger partial charge in [0.1, 0.15) is 11.2 Å². The summed E-state index contributed by atoms with van der Waals surface area (Å²) in [5.41, 5.74) is 2.91. The molecule has 1 aromatic heterocycles. The number of esters is 1. The van der Waals surface area contributed by atoms with Crippen molar-refractivity contribution >= 4 is 22.9 Å². The number of likely N-dealkylation sites (tertiary alicyclic amines) is 1. The van der Waals surface area contributed by atoms with E-state index in [1.165, 1.54) is 36.8 Å². The van der Waals surface area contributed by atoms with Crippen molar-refractivity contribution in [2.45, 2.75) is 95.2 Å². The second-order valence-electron chi connectivity index (χ2n) is 13.3. The Bertz CT molecular complexity index is 1440. The van der Waals surface area contributed by atoms with E-state index in [1.54, 1.807) is 0 Å².